The number of rotatable bonds is 3. The number of nitrogens with zero attached hydrogens (tertiary/aromatic N) is 2. The van der Waals surface area contributed by atoms with Gasteiger partial charge in [0.2, 0.25) is 0 Å². The monoisotopic (exact) mass is 377 g/mol. The van der Waals surface area contributed by atoms with Gasteiger partial charge in [-0.05, 0) is 30.7 Å². The smallest absolute Gasteiger partial charge is 0.293 e. The van der Waals surface area contributed by atoms with Gasteiger partial charge in [-0.1, -0.05) is 29.8 Å². The molecule has 1 aliphatic carbocycles. The lowest BCUT2D eigenvalue weighted by atomic mass is 9.89. The standard InChI is InChI=1S/C18H14ClF2N3O2/c19-14-7-6-12(21)15(22-14)18(9-20)11-8-13(11)26-17(24-18)23-16(25)10-4-2-1-3-5-10/h1-7,11,13H,8-9H2,(H,23,24,25)/t11-,13?,18-/m0/s1. The van der Waals surface area contributed by atoms with Crippen LogP contribution in [0, 0.1) is 11.7 Å². The normalized spacial score (nSPS) is 26.3. The van der Waals surface area contributed by atoms with Crippen molar-refractivity contribution in [3.63, 3.8) is 0 Å². The van der Waals surface area contributed by atoms with Crippen molar-refractivity contribution in [1.29, 1.82) is 0 Å². The zero-order valence-electron chi connectivity index (χ0n) is 13.5. The molecule has 3 atom stereocenters. The summed E-state index contributed by atoms with van der Waals surface area (Å²) < 4.78 is 34.0. The lowest BCUT2D eigenvalue weighted by Crippen LogP contribution is -2.43. The number of hydrogen-bond acceptors (Lipinski definition) is 4. The Balaban J connectivity index is 1.70. The average Bonchev–Trinajstić information content (AvgIpc) is 3.44. The molecular weight excluding hydrogens is 364 g/mol. The molecule has 0 saturated heterocycles. The fourth-order valence-electron chi connectivity index (χ4n) is 3.20. The molecule has 1 fully saturated rings. The van der Waals surface area contributed by atoms with Gasteiger partial charge in [-0.15, -0.1) is 0 Å². The van der Waals surface area contributed by atoms with Crippen LogP contribution in [0.25, 0.3) is 0 Å². The summed E-state index contributed by atoms with van der Waals surface area (Å²) >= 11 is 5.87. The van der Waals surface area contributed by atoms with E-state index in [-0.39, 0.29) is 28.9 Å². The van der Waals surface area contributed by atoms with E-state index in [1.807, 2.05) is 0 Å². The van der Waals surface area contributed by atoms with Gasteiger partial charge in [-0.3, -0.25) is 10.1 Å². The fourth-order valence-corrected chi connectivity index (χ4v) is 3.34. The zero-order chi connectivity index (χ0) is 18.3. The number of fused-ring (bicyclic) bond motifs is 1. The molecule has 1 aromatic heterocycles. The highest BCUT2D eigenvalue weighted by molar-refractivity contribution is 6.29. The van der Waals surface area contributed by atoms with Gasteiger partial charge >= 0.3 is 0 Å². The SMILES string of the molecule is O=C(NC1=N[C@](CF)(c2nc(Cl)ccc2F)[C@H]2CC2O1)c1ccccc1. The number of alkyl halides is 1. The quantitative estimate of drug-likeness (QED) is 0.835. The number of amidine groups is 1. The van der Waals surface area contributed by atoms with Crippen LogP contribution in [0.4, 0.5) is 8.78 Å². The maximum Gasteiger partial charge on any atom is 0.293 e. The van der Waals surface area contributed by atoms with Crippen molar-refractivity contribution in [2.45, 2.75) is 18.1 Å². The van der Waals surface area contributed by atoms with Crippen molar-refractivity contribution in [2.75, 3.05) is 6.67 Å². The number of aliphatic imine (C=N–C) groups is 1. The van der Waals surface area contributed by atoms with Crippen LogP contribution in [0.15, 0.2) is 47.5 Å². The molecular formula is C18H14ClF2N3O2. The van der Waals surface area contributed by atoms with E-state index in [1.165, 1.54) is 6.07 Å². The lowest BCUT2D eigenvalue weighted by Gasteiger charge is -2.31. The lowest BCUT2D eigenvalue weighted by molar-refractivity contribution is 0.0950. The molecule has 1 saturated carbocycles. The zero-order valence-corrected chi connectivity index (χ0v) is 14.2. The fraction of sp³-hybridized carbons (Fsp3) is 0.278. The summed E-state index contributed by atoms with van der Waals surface area (Å²) in [5.74, 6) is -1.50. The van der Waals surface area contributed by atoms with Crippen LogP contribution in [-0.4, -0.2) is 29.7 Å². The minimum absolute atomic E-state index is 0.0444. The van der Waals surface area contributed by atoms with E-state index in [1.54, 1.807) is 30.3 Å². The van der Waals surface area contributed by atoms with Crippen LogP contribution in [0.5, 0.6) is 0 Å². The molecule has 0 radical (unpaired) electrons. The summed E-state index contributed by atoms with van der Waals surface area (Å²) in [5, 5.41) is 2.57. The first-order valence-electron chi connectivity index (χ1n) is 8.05. The predicted molar refractivity (Wildman–Crippen MR) is 91.2 cm³/mol. The third-order valence-corrected chi connectivity index (χ3v) is 4.80. The Hall–Kier alpha value is -2.54. The number of ether oxygens (including phenoxy) is 1. The van der Waals surface area contributed by atoms with Crippen molar-refractivity contribution in [1.82, 2.24) is 10.3 Å². The number of amides is 1. The van der Waals surface area contributed by atoms with Gasteiger partial charge in [0, 0.05) is 11.5 Å². The van der Waals surface area contributed by atoms with E-state index < -0.39 is 23.9 Å². The Morgan fingerprint density at radius 3 is 2.81 bits per heavy atom. The Bertz CT molecular complexity index is 893. The van der Waals surface area contributed by atoms with Crippen LogP contribution in [0.2, 0.25) is 5.15 Å². The first-order chi connectivity index (χ1) is 12.5. The maximum atomic E-state index is 14.3. The minimum Gasteiger partial charge on any atom is -0.461 e. The minimum atomic E-state index is -1.56. The molecule has 4 rings (SSSR count). The van der Waals surface area contributed by atoms with Crippen molar-refractivity contribution >= 4 is 23.5 Å². The van der Waals surface area contributed by atoms with Gasteiger partial charge in [0.1, 0.15) is 35.0 Å². The average molecular weight is 378 g/mol. The highest BCUT2D eigenvalue weighted by Crippen LogP contribution is 2.53. The second-order valence-electron chi connectivity index (χ2n) is 6.26. The van der Waals surface area contributed by atoms with Crippen LogP contribution >= 0.6 is 11.6 Å². The van der Waals surface area contributed by atoms with Crippen LogP contribution in [0.1, 0.15) is 22.5 Å². The van der Waals surface area contributed by atoms with Crippen molar-refractivity contribution in [3.05, 3.63) is 64.7 Å². The van der Waals surface area contributed by atoms with Crippen molar-refractivity contribution in [2.24, 2.45) is 10.9 Å². The number of halogens is 3. The van der Waals surface area contributed by atoms with E-state index >= 15 is 0 Å². The second kappa shape index (κ2) is 6.32. The molecule has 8 heteroatoms. The van der Waals surface area contributed by atoms with Gasteiger partial charge in [-0.2, -0.15) is 0 Å². The summed E-state index contributed by atoms with van der Waals surface area (Å²) in [7, 11) is 0. The first-order valence-corrected chi connectivity index (χ1v) is 8.42. The Labute approximate surface area is 153 Å². The van der Waals surface area contributed by atoms with Crippen molar-refractivity contribution < 1.29 is 18.3 Å². The highest BCUT2D eigenvalue weighted by Gasteiger charge is 2.61. The van der Waals surface area contributed by atoms with E-state index in [2.05, 4.69) is 15.3 Å². The topological polar surface area (TPSA) is 63.6 Å². The number of pyridine rings is 1. The molecule has 5 nitrogen and oxygen atoms in total. The Kier molecular flexibility index (Phi) is 4.11. The van der Waals surface area contributed by atoms with Crippen LogP contribution < -0.4 is 5.32 Å². The third-order valence-electron chi connectivity index (χ3n) is 4.59. The van der Waals surface area contributed by atoms with E-state index in [0.717, 1.165) is 6.07 Å². The largest absolute Gasteiger partial charge is 0.461 e. The molecule has 2 aromatic rings. The number of carbonyl (C=O) groups is 1. The van der Waals surface area contributed by atoms with Crippen LogP contribution in [-0.2, 0) is 10.3 Å². The summed E-state index contributed by atoms with van der Waals surface area (Å²) in [6, 6.07) is 10.7. The predicted octanol–water partition coefficient (Wildman–Crippen LogP) is 3.24. The van der Waals surface area contributed by atoms with E-state index in [0.29, 0.717) is 12.0 Å². The molecule has 134 valence electrons. The number of carbonyl (C=O) groups excluding carboxylic acids is 1. The molecule has 1 unspecified atom stereocenters. The number of nitrogens with one attached hydrogen (secondary N) is 1. The van der Waals surface area contributed by atoms with E-state index in [9.17, 15) is 13.6 Å². The van der Waals surface area contributed by atoms with Crippen LogP contribution in [0.3, 0.4) is 0 Å². The Morgan fingerprint density at radius 2 is 2.08 bits per heavy atom. The number of hydrogen-bond donors (Lipinski definition) is 1. The Morgan fingerprint density at radius 1 is 1.31 bits per heavy atom. The third kappa shape index (κ3) is 2.82. The first kappa shape index (κ1) is 16.9. The molecule has 1 aromatic carbocycles. The van der Waals surface area contributed by atoms with Crippen molar-refractivity contribution in [3.8, 4) is 0 Å². The number of benzene rings is 1. The maximum absolute atomic E-state index is 14.3. The molecule has 1 aliphatic heterocycles. The molecule has 2 aliphatic rings. The molecule has 1 amide bonds. The highest BCUT2D eigenvalue weighted by atomic mass is 35.5. The second-order valence-corrected chi connectivity index (χ2v) is 6.65. The van der Waals surface area contributed by atoms with E-state index in [4.69, 9.17) is 16.3 Å². The molecule has 1 N–H and O–H groups in total. The molecule has 2 heterocycles. The van der Waals surface area contributed by atoms with Gasteiger partial charge in [0.15, 0.2) is 0 Å². The van der Waals surface area contributed by atoms with Gasteiger partial charge < -0.3 is 4.74 Å². The van der Waals surface area contributed by atoms with Gasteiger partial charge in [-0.25, -0.2) is 18.8 Å². The summed E-state index contributed by atoms with van der Waals surface area (Å²) in [6.45, 7) is -0.980. The number of aromatic nitrogens is 1. The van der Waals surface area contributed by atoms with Gasteiger partial charge in [0.05, 0.1) is 0 Å². The molecule has 0 bridgehead atoms. The molecule has 0 spiro atoms. The molecule has 26 heavy (non-hydrogen) atoms. The summed E-state index contributed by atoms with van der Waals surface area (Å²) in [6.07, 6.45) is 0.140. The summed E-state index contributed by atoms with van der Waals surface area (Å²) in [5.41, 5.74) is -1.33. The summed E-state index contributed by atoms with van der Waals surface area (Å²) in [4.78, 5) is 20.5. The van der Waals surface area contributed by atoms with Gasteiger partial charge in [0.25, 0.3) is 11.9 Å².